The Morgan fingerprint density at radius 2 is 1.20 bits per heavy atom. The van der Waals surface area contributed by atoms with Gasteiger partial charge in [0, 0.05) is 28.0 Å². The molecule has 0 N–H and O–H groups in total. The van der Waals surface area contributed by atoms with Crippen LogP contribution in [0.4, 0.5) is 17.1 Å². The van der Waals surface area contributed by atoms with Gasteiger partial charge in [-0.3, -0.25) is 0 Å². The molecule has 3 heteroatoms. The zero-order chi connectivity index (χ0) is 31.3. The van der Waals surface area contributed by atoms with Crippen LogP contribution in [0.15, 0.2) is 109 Å². The Balaban J connectivity index is 1.42. The van der Waals surface area contributed by atoms with Crippen LogP contribution >= 0.6 is 11.3 Å². The number of fused-ring (bicyclic) bond motifs is 4. The first-order valence-electron chi connectivity index (χ1n) is 16.5. The SMILES string of the molecule is CCC1(CC)c2cc(-c3nc4ccccc4s3)ccc2-c2ccc(N(c3ccccc3C(C)C)c3ccccc3C(C)C)cc21. The maximum atomic E-state index is 5.02. The summed E-state index contributed by atoms with van der Waals surface area (Å²) in [6.07, 6.45) is 2.09. The number of aromatic nitrogens is 1. The van der Waals surface area contributed by atoms with Crippen molar-refractivity contribution < 1.29 is 0 Å². The van der Waals surface area contributed by atoms with Crippen molar-refractivity contribution in [1.29, 1.82) is 0 Å². The molecule has 2 nitrogen and oxygen atoms in total. The Bertz CT molecular complexity index is 1920. The molecule has 1 aliphatic carbocycles. The predicted octanol–water partition coefficient (Wildman–Crippen LogP) is 12.8. The Morgan fingerprint density at radius 3 is 1.80 bits per heavy atom. The summed E-state index contributed by atoms with van der Waals surface area (Å²) >= 11 is 1.79. The molecule has 0 unspecified atom stereocenters. The molecule has 0 bridgehead atoms. The average Bonchev–Trinajstić information content (AvgIpc) is 3.62. The summed E-state index contributed by atoms with van der Waals surface area (Å²) in [5, 5.41) is 1.10. The van der Waals surface area contributed by atoms with E-state index in [9.17, 15) is 0 Å². The summed E-state index contributed by atoms with van der Waals surface area (Å²) in [5.41, 5.74) is 14.3. The van der Waals surface area contributed by atoms with Crippen LogP contribution < -0.4 is 4.90 Å². The van der Waals surface area contributed by atoms with Crippen LogP contribution in [-0.2, 0) is 5.41 Å². The molecule has 226 valence electrons. The van der Waals surface area contributed by atoms with Gasteiger partial charge >= 0.3 is 0 Å². The van der Waals surface area contributed by atoms with Crippen LogP contribution in [0.1, 0.15) is 88.5 Å². The van der Waals surface area contributed by atoms with Gasteiger partial charge in [-0.05, 0) is 101 Å². The van der Waals surface area contributed by atoms with Gasteiger partial charge in [0.2, 0.25) is 0 Å². The zero-order valence-electron chi connectivity index (χ0n) is 27.3. The number of rotatable bonds is 8. The van der Waals surface area contributed by atoms with Crippen molar-refractivity contribution in [1.82, 2.24) is 4.98 Å². The summed E-state index contributed by atoms with van der Waals surface area (Å²) in [6.45, 7) is 13.9. The lowest BCUT2D eigenvalue weighted by Gasteiger charge is -2.34. The Morgan fingerprint density at radius 1 is 0.644 bits per heavy atom. The van der Waals surface area contributed by atoms with Gasteiger partial charge in [0.05, 0.1) is 10.2 Å². The molecule has 1 aromatic heterocycles. The molecule has 0 amide bonds. The van der Waals surface area contributed by atoms with E-state index in [1.54, 1.807) is 11.3 Å². The molecular formula is C42H42N2S. The molecule has 0 fully saturated rings. The minimum Gasteiger partial charge on any atom is -0.310 e. The van der Waals surface area contributed by atoms with Gasteiger partial charge in [-0.1, -0.05) is 108 Å². The van der Waals surface area contributed by atoms with Crippen molar-refractivity contribution in [3.63, 3.8) is 0 Å². The summed E-state index contributed by atoms with van der Waals surface area (Å²) in [7, 11) is 0. The molecule has 0 radical (unpaired) electrons. The van der Waals surface area contributed by atoms with Crippen molar-refractivity contribution in [3.05, 3.63) is 131 Å². The number of hydrogen-bond donors (Lipinski definition) is 0. The van der Waals surface area contributed by atoms with Crippen LogP contribution in [0, 0.1) is 0 Å². The van der Waals surface area contributed by atoms with E-state index >= 15 is 0 Å². The van der Waals surface area contributed by atoms with Crippen molar-refractivity contribution in [2.24, 2.45) is 0 Å². The lowest BCUT2D eigenvalue weighted by Crippen LogP contribution is -2.24. The Hall–Kier alpha value is -4.21. The predicted molar refractivity (Wildman–Crippen MR) is 195 cm³/mol. The van der Waals surface area contributed by atoms with E-state index in [1.165, 1.54) is 60.7 Å². The molecule has 1 aliphatic rings. The van der Waals surface area contributed by atoms with Gasteiger partial charge in [-0.2, -0.15) is 0 Å². The van der Waals surface area contributed by atoms with E-state index < -0.39 is 0 Å². The smallest absolute Gasteiger partial charge is 0.124 e. The number of thiazole rings is 1. The average molecular weight is 607 g/mol. The van der Waals surface area contributed by atoms with Crippen molar-refractivity contribution in [2.45, 2.75) is 71.6 Å². The number of benzene rings is 5. The molecule has 7 rings (SSSR count). The first kappa shape index (κ1) is 29.5. The third-order valence-electron chi connectivity index (χ3n) is 9.95. The first-order chi connectivity index (χ1) is 21.9. The monoisotopic (exact) mass is 606 g/mol. The lowest BCUT2D eigenvalue weighted by atomic mass is 9.73. The van der Waals surface area contributed by atoms with Crippen molar-refractivity contribution >= 4 is 38.6 Å². The molecule has 0 saturated carbocycles. The van der Waals surface area contributed by atoms with E-state index in [-0.39, 0.29) is 5.41 Å². The summed E-state index contributed by atoms with van der Waals surface area (Å²) in [4.78, 5) is 7.54. The fraction of sp³-hybridized carbons (Fsp3) is 0.262. The Labute approximate surface area is 272 Å². The second kappa shape index (κ2) is 11.6. The second-order valence-corrected chi connectivity index (χ2v) is 14.1. The first-order valence-corrected chi connectivity index (χ1v) is 17.3. The molecule has 6 aromatic rings. The highest BCUT2D eigenvalue weighted by atomic mass is 32.1. The molecule has 0 saturated heterocycles. The quantitative estimate of drug-likeness (QED) is 0.171. The number of nitrogens with zero attached hydrogens (tertiary/aromatic N) is 2. The minimum absolute atomic E-state index is 0.0613. The van der Waals surface area contributed by atoms with Gasteiger partial charge in [0.25, 0.3) is 0 Å². The largest absolute Gasteiger partial charge is 0.310 e. The van der Waals surface area contributed by atoms with Gasteiger partial charge in [-0.25, -0.2) is 4.98 Å². The molecule has 0 spiro atoms. The van der Waals surface area contributed by atoms with Crippen LogP contribution in [0.25, 0.3) is 31.9 Å². The lowest BCUT2D eigenvalue weighted by molar-refractivity contribution is 0.490. The van der Waals surface area contributed by atoms with Crippen LogP contribution in [0.5, 0.6) is 0 Å². The van der Waals surface area contributed by atoms with Crippen LogP contribution in [-0.4, -0.2) is 4.98 Å². The topological polar surface area (TPSA) is 16.1 Å². The van der Waals surface area contributed by atoms with Gasteiger partial charge < -0.3 is 4.90 Å². The maximum Gasteiger partial charge on any atom is 0.124 e. The standard InChI is InChI=1S/C42H42N2S/c1-7-42(8-2)35-25-29(41-43-37-17-11-14-20-40(37)45-41)21-23-33(35)34-24-22-30(26-36(34)42)44(38-18-12-9-15-31(38)27(3)4)39-19-13-10-16-32(39)28(5)6/h9-28H,7-8H2,1-6H3. The maximum absolute atomic E-state index is 5.02. The van der Waals surface area contributed by atoms with E-state index in [0.717, 1.165) is 23.4 Å². The highest BCUT2D eigenvalue weighted by molar-refractivity contribution is 7.21. The second-order valence-electron chi connectivity index (χ2n) is 13.0. The molecule has 1 heterocycles. The van der Waals surface area contributed by atoms with Gasteiger partial charge in [0.1, 0.15) is 5.01 Å². The van der Waals surface area contributed by atoms with Crippen LogP contribution in [0.2, 0.25) is 0 Å². The fourth-order valence-corrected chi connectivity index (χ4v) is 8.49. The molecule has 45 heavy (non-hydrogen) atoms. The van der Waals surface area contributed by atoms with E-state index in [2.05, 4.69) is 156 Å². The zero-order valence-corrected chi connectivity index (χ0v) is 28.1. The number of anilines is 3. The molecule has 0 atom stereocenters. The van der Waals surface area contributed by atoms with Gasteiger partial charge in [-0.15, -0.1) is 11.3 Å². The van der Waals surface area contributed by atoms with E-state index in [4.69, 9.17) is 4.98 Å². The molecular weight excluding hydrogens is 565 g/mol. The third kappa shape index (κ3) is 4.80. The number of hydrogen-bond acceptors (Lipinski definition) is 3. The van der Waals surface area contributed by atoms with E-state index in [0.29, 0.717) is 11.8 Å². The number of para-hydroxylation sites is 3. The van der Waals surface area contributed by atoms with Gasteiger partial charge in [0.15, 0.2) is 0 Å². The van der Waals surface area contributed by atoms with Crippen molar-refractivity contribution in [3.8, 4) is 21.7 Å². The minimum atomic E-state index is -0.0613. The van der Waals surface area contributed by atoms with Crippen molar-refractivity contribution in [2.75, 3.05) is 4.90 Å². The van der Waals surface area contributed by atoms with E-state index in [1.807, 2.05) is 0 Å². The molecule has 0 aliphatic heterocycles. The summed E-state index contributed by atoms with van der Waals surface area (Å²) in [6, 6.07) is 40.7. The highest BCUT2D eigenvalue weighted by Gasteiger charge is 2.41. The normalized spacial score (nSPS) is 13.4. The summed E-state index contributed by atoms with van der Waals surface area (Å²) < 4.78 is 1.24. The molecule has 5 aromatic carbocycles. The van der Waals surface area contributed by atoms with Crippen LogP contribution in [0.3, 0.4) is 0 Å². The summed E-state index contributed by atoms with van der Waals surface area (Å²) in [5.74, 6) is 0.805. The third-order valence-corrected chi connectivity index (χ3v) is 11.0. The Kier molecular flexibility index (Phi) is 7.61. The highest BCUT2D eigenvalue weighted by Crippen LogP contribution is 2.55. The fourth-order valence-electron chi connectivity index (χ4n) is 7.53.